The largest absolute Gasteiger partial charge is 0.504 e. The molecule has 3 heterocycles. The number of rotatable bonds is 7. The number of aromatic hydroxyl groups is 1. The van der Waals surface area contributed by atoms with Crippen LogP contribution in [0.15, 0.2) is 90.6 Å². The fourth-order valence-corrected chi connectivity index (χ4v) is 9.38. The van der Waals surface area contributed by atoms with Crippen LogP contribution in [0, 0.1) is 33.8 Å². The van der Waals surface area contributed by atoms with E-state index >= 15 is 4.79 Å². The number of nitrogens with one attached hydrogen (secondary N) is 1. The summed E-state index contributed by atoms with van der Waals surface area (Å²) in [6.45, 7) is 0. The zero-order valence-corrected chi connectivity index (χ0v) is 30.9. The summed E-state index contributed by atoms with van der Waals surface area (Å²) in [5.74, 6) is -8.97. The molecule has 1 saturated carbocycles. The lowest BCUT2D eigenvalue weighted by Gasteiger charge is -2.50. The van der Waals surface area contributed by atoms with E-state index in [9.17, 15) is 42.8 Å². The number of hydrogen-bond acceptors (Lipinski definition) is 10. The number of hydrazine groups is 1. The number of fused-ring (bicyclic) bond motifs is 4. The Kier molecular flexibility index (Phi) is 9.03. The van der Waals surface area contributed by atoms with Crippen molar-refractivity contribution in [3.63, 3.8) is 0 Å². The second-order valence-electron chi connectivity index (χ2n) is 14.1. The Bertz CT molecular complexity index is 2430. The second-order valence-corrected chi connectivity index (χ2v) is 14.9. The fraction of sp³-hybridized carbons (Fsp3) is 0.256. The van der Waals surface area contributed by atoms with Crippen molar-refractivity contribution in [2.24, 2.45) is 23.7 Å². The summed E-state index contributed by atoms with van der Waals surface area (Å²) in [5, 5.41) is 23.5. The van der Waals surface area contributed by atoms with E-state index in [1.165, 1.54) is 49.6 Å². The van der Waals surface area contributed by atoms with Crippen molar-refractivity contribution < 1.29 is 47.1 Å². The quantitative estimate of drug-likeness (QED) is 0.0839. The number of para-hydroxylation sites is 1. The third-order valence-electron chi connectivity index (χ3n) is 11.4. The Hall–Kier alpha value is -6.00. The van der Waals surface area contributed by atoms with Gasteiger partial charge in [0.1, 0.15) is 0 Å². The van der Waals surface area contributed by atoms with Crippen LogP contribution in [0.5, 0.6) is 11.5 Å². The van der Waals surface area contributed by atoms with E-state index in [-0.39, 0.29) is 41.3 Å². The number of benzene rings is 3. The number of ether oxygens (including phenoxy) is 1. The first-order valence-corrected chi connectivity index (χ1v) is 18.2. The van der Waals surface area contributed by atoms with Gasteiger partial charge in [-0.2, -0.15) is 18.2 Å². The molecule has 292 valence electrons. The third kappa shape index (κ3) is 5.71. The van der Waals surface area contributed by atoms with Gasteiger partial charge in [-0.15, -0.1) is 0 Å². The van der Waals surface area contributed by atoms with Crippen molar-refractivity contribution in [2.75, 3.05) is 17.4 Å². The van der Waals surface area contributed by atoms with Crippen LogP contribution in [0.2, 0.25) is 10.0 Å². The second kappa shape index (κ2) is 13.6. The molecule has 4 aromatic rings. The molecule has 0 unspecified atom stereocenters. The standard InChI is InChI=1S/C39H28Cl2F3N5O8/c1-57-29-4-2-3-25(32(29)50)31-23-13-14-24-30(36(53)47(34(24)51)21-9-11-22(12-10-21)49(55)56)26(23)16-27-35(52)48(37(54)38(27,31)18-5-7-20(40)8-6-18)46-33-28(41)15-19(17-45-33)39(42,43)44/h2-13,15,17,24,26-27,30-31,50H,14,16H2,1H3,(H,45,46)/t24-,26+,27-,30-,31+,38+/m0/s1. The number of methoxy groups -OCH3 is 1. The number of allylic oxidation sites excluding steroid dienone is 2. The Morgan fingerprint density at radius 1 is 0.982 bits per heavy atom. The summed E-state index contributed by atoms with van der Waals surface area (Å²) >= 11 is 12.5. The minimum atomic E-state index is -4.79. The van der Waals surface area contributed by atoms with Crippen molar-refractivity contribution in [2.45, 2.75) is 30.4 Å². The van der Waals surface area contributed by atoms with E-state index in [4.69, 9.17) is 27.9 Å². The topological polar surface area (TPSA) is 172 Å². The van der Waals surface area contributed by atoms with Crippen molar-refractivity contribution in [1.82, 2.24) is 9.99 Å². The SMILES string of the molecule is COc1cccc([C@H]2C3=CC[C@@H]4C(=O)N(c5ccc([N+](=O)[O-])cc5)C(=O)[C@@H]4[C@@H]3C[C@H]3C(=O)N(Nc4ncc(C(F)(F)F)cc4Cl)C(=O)[C@@]23c2ccc(Cl)cc2)c1O. The minimum absolute atomic E-state index is 0.0301. The highest BCUT2D eigenvalue weighted by atomic mass is 35.5. The van der Waals surface area contributed by atoms with E-state index < -0.39 is 86.1 Å². The molecule has 2 aliphatic carbocycles. The number of phenolic OH excluding ortho intramolecular Hbond substituents is 1. The lowest BCUT2D eigenvalue weighted by molar-refractivity contribution is -0.384. The van der Waals surface area contributed by atoms with Crippen LogP contribution in [0.4, 0.5) is 30.4 Å². The number of pyridine rings is 1. The summed E-state index contributed by atoms with van der Waals surface area (Å²) < 4.78 is 45.9. The summed E-state index contributed by atoms with van der Waals surface area (Å²) in [4.78, 5) is 74.1. The molecular formula is C39H28Cl2F3N5O8. The number of anilines is 2. The Balaban J connectivity index is 1.31. The molecule has 3 fully saturated rings. The first kappa shape index (κ1) is 37.9. The number of nitrogens with zero attached hydrogens (tertiary/aromatic N) is 4. The van der Waals surface area contributed by atoms with Gasteiger partial charge in [0.25, 0.3) is 17.5 Å². The normalized spacial score (nSPS) is 25.5. The van der Waals surface area contributed by atoms with Gasteiger partial charge in [-0.3, -0.25) is 39.6 Å². The molecule has 1 aromatic heterocycles. The molecule has 2 aliphatic heterocycles. The highest BCUT2D eigenvalue weighted by Gasteiger charge is 2.71. The zero-order chi connectivity index (χ0) is 40.7. The zero-order valence-electron chi connectivity index (χ0n) is 29.4. The monoisotopic (exact) mass is 821 g/mol. The molecule has 2 N–H and O–H groups in total. The third-order valence-corrected chi connectivity index (χ3v) is 12.0. The number of phenols is 1. The molecule has 0 bridgehead atoms. The average molecular weight is 823 g/mol. The molecule has 0 spiro atoms. The smallest absolute Gasteiger partial charge is 0.417 e. The predicted octanol–water partition coefficient (Wildman–Crippen LogP) is 7.22. The van der Waals surface area contributed by atoms with Crippen molar-refractivity contribution in [3.05, 3.63) is 127 Å². The van der Waals surface area contributed by atoms with E-state index in [2.05, 4.69) is 10.4 Å². The molecule has 3 aromatic carbocycles. The number of imide groups is 2. The fourth-order valence-electron chi connectivity index (χ4n) is 9.04. The maximum absolute atomic E-state index is 15.3. The number of nitro benzene ring substituents is 1. The molecule has 4 aliphatic rings. The van der Waals surface area contributed by atoms with Crippen molar-refractivity contribution >= 4 is 64.0 Å². The van der Waals surface area contributed by atoms with Gasteiger partial charge in [0, 0.05) is 34.8 Å². The van der Waals surface area contributed by atoms with Crippen LogP contribution in [0.3, 0.4) is 0 Å². The Labute approximate surface area is 330 Å². The number of aromatic nitrogens is 1. The average Bonchev–Trinajstić information content (AvgIpc) is 3.56. The number of nitro groups is 1. The molecule has 18 heteroatoms. The minimum Gasteiger partial charge on any atom is -0.504 e. The number of carbonyl (C=O) groups is 4. The summed E-state index contributed by atoms with van der Waals surface area (Å²) in [5.41, 5.74) is 0.289. The Morgan fingerprint density at radius 3 is 2.32 bits per heavy atom. The van der Waals surface area contributed by atoms with Crippen molar-refractivity contribution in [1.29, 1.82) is 0 Å². The van der Waals surface area contributed by atoms with Gasteiger partial charge in [-0.05, 0) is 60.7 Å². The maximum Gasteiger partial charge on any atom is 0.417 e. The van der Waals surface area contributed by atoms with Crippen LogP contribution in [0.1, 0.15) is 35.4 Å². The number of amides is 4. The van der Waals surface area contributed by atoms with Gasteiger partial charge in [-0.1, -0.05) is 59.1 Å². The van der Waals surface area contributed by atoms with E-state index in [0.717, 1.165) is 4.90 Å². The number of carbonyl (C=O) groups excluding carboxylic acids is 4. The first-order chi connectivity index (χ1) is 27.1. The van der Waals surface area contributed by atoms with Gasteiger partial charge in [0.2, 0.25) is 11.8 Å². The summed E-state index contributed by atoms with van der Waals surface area (Å²) in [6, 6.07) is 16.3. The number of halogens is 5. The Morgan fingerprint density at radius 2 is 1.68 bits per heavy atom. The molecule has 2 saturated heterocycles. The number of alkyl halides is 3. The van der Waals surface area contributed by atoms with Crippen LogP contribution in [0.25, 0.3) is 0 Å². The molecule has 57 heavy (non-hydrogen) atoms. The molecule has 13 nitrogen and oxygen atoms in total. The van der Waals surface area contributed by atoms with Crippen molar-refractivity contribution in [3.8, 4) is 11.5 Å². The van der Waals surface area contributed by atoms with Gasteiger partial charge >= 0.3 is 6.18 Å². The lowest BCUT2D eigenvalue weighted by atomic mass is 9.49. The van der Waals surface area contributed by atoms with Gasteiger partial charge in [0.15, 0.2) is 17.3 Å². The first-order valence-electron chi connectivity index (χ1n) is 17.4. The van der Waals surface area contributed by atoms with E-state index in [1.54, 1.807) is 30.3 Å². The van der Waals surface area contributed by atoms with Crippen LogP contribution < -0.4 is 15.1 Å². The molecular weight excluding hydrogens is 794 g/mol. The van der Waals surface area contributed by atoms with Gasteiger partial charge in [0.05, 0.1) is 51.5 Å². The molecule has 8 rings (SSSR count). The molecule has 4 amide bonds. The predicted molar refractivity (Wildman–Crippen MR) is 197 cm³/mol. The highest BCUT2D eigenvalue weighted by Crippen LogP contribution is 2.65. The van der Waals surface area contributed by atoms with Gasteiger partial charge in [-0.25, -0.2) is 4.98 Å². The van der Waals surface area contributed by atoms with Crippen LogP contribution >= 0.6 is 23.2 Å². The summed E-state index contributed by atoms with van der Waals surface area (Å²) in [7, 11) is 1.33. The number of non-ortho nitro benzene ring substituents is 1. The van der Waals surface area contributed by atoms with E-state index in [1.807, 2.05) is 0 Å². The van der Waals surface area contributed by atoms with Crippen LogP contribution in [-0.2, 0) is 30.8 Å². The van der Waals surface area contributed by atoms with Crippen LogP contribution in [-0.4, -0.2) is 50.8 Å². The lowest BCUT2D eigenvalue weighted by Crippen LogP contribution is -2.53. The molecule has 6 atom stereocenters. The number of hydrogen-bond donors (Lipinski definition) is 2. The molecule has 0 radical (unpaired) electrons. The van der Waals surface area contributed by atoms with E-state index in [0.29, 0.717) is 33.4 Å². The highest BCUT2D eigenvalue weighted by molar-refractivity contribution is 6.33. The summed E-state index contributed by atoms with van der Waals surface area (Å²) in [6.07, 6.45) is -2.68. The van der Waals surface area contributed by atoms with Gasteiger partial charge < -0.3 is 9.84 Å². The maximum atomic E-state index is 15.3.